The van der Waals surface area contributed by atoms with Crippen LogP contribution in [0.1, 0.15) is 5.56 Å². The first-order valence-corrected chi connectivity index (χ1v) is 9.32. The number of guanidine groups is 1. The summed E-state index contributed by atoms with van der Waals surface area (Å²) in [5.74, 6) is 3.39. The zero-order valence-electron chi connectivity index (χ0n) is 17.6. The molecule has 0 bridgehead atoms. The number of hydrogen-bond donors (Lipinski definition) is 2. The summed E-state index contributed by atoms with van der Waals surface area (Å²) in [6, 6.07) is 20.7. The smallest absolute Gasteiger partial charge is 0.203 e. The van der Waals surface area contributed by atoms with Crippen LogP contribution in [-0.2, 0) is 6.54 Å². The third-order valence-corrected chi connectivity index (χ3v) is 4.29. The van der Waals surface area contributed by atoms with Gasteiger partial charge in [0.05, 0.1) is 27.9 Å². The van der Waals surface area contributed by atoms with Gasteiger partial charge < -0.3 is 30.0 Å². The summed E-state index contributed by atoms with van der Waals surface area (Å²) < 4.78 is 22.0. The van der Waals surface area contributed by atoms with E-state index in [0.717, 1.165) is 17.0 Å². The minimum atomic E-state index is 0. The number of methoxy groups -OCH3 is 3. The van der Waals surface area contributed by atoms with Gasteiger partial charge in [0.25, 0.3) is 0 Å². The van der Waals surface area contributed by atoms with Crippen molar-refractivity contribution < 1.29 is 18.9 Å². The molecule has 0 heterocycles. The van der Waals surface area contributed by atoms with E-state index < -0.39 is 0 Å². The predicted molar refractivity (Wildman–Crippen MR) is 133 cm³/mol. The van der Waals surface area contributed by atoms with Crippen LogP contribution in [0.4, 0.5) is 5.69 Å². The Labute approximate surface area is 199 Å². The molecule has 8 heteroatoms. The van der Waals surface area contributed by atoms with Crippen molar-refractivity contribution in [2.45, 2.75) is 6.54 Å². The molecule has 0 saturated heterocycles. The van der Waals surface area contributed by atoms with E-state index in [0.29, 0.717) is 29.5 Å². The number of hydrogen-bond acceptors (Lipinski definition) is 5. The monoisotopic (exact) mass is 535 g/mol. The van der Waals surface area contributed by atoms with E-state index in [4.69, 9.17) is 24.7 Å². The highest BCUT2D eigenvalue weighted by Gasteiger charge is 2.15. The Morgan fingerprint density at radius 1 is 0.839 bits per heavy atom. The van der Waals surface area contributed by atoms with E-state index in [1.807, 2.05) is 60.7 Å². The number of aliphatic imine (C=N–C) groups is 1. The molecule has 0 aliphatic heterocycles. The number of para-hydroxylation sites is 1. The fourth-order valence-corrected chi connectivity index (χ4v) is 2.91. The minimum Gasteiger partial charge on any atom is -0.493 e. The number of rotatable bonds is 8. The lowest BCUT2D eigenvalue weighted by Gasteiger charge is -2.15. The van der Waals surface area contributed by atoms with E-state index in [-0.39, 0.29) is 29.9 Å². The molecule has 0 aliphatic carbocycles. The average molecular weight is 535 g/mol. The van der Waals surface area contributed by atoms with Crippen LogP contribution in [0, 0.1) is 0 Å². The number of benzene rings is 3. The lowest BCUT2D eigenvalue weighted by Crippen LogP contribution is -2.22. The Balaban J connectivity index is 0.00000341. The Hall–Kier alpha value is -3.14. The maximum atomic E-state index is 6.08. The van der Waals surface area contributed by atoms with Gasteiger partial charge in [-0.05, 0) is 36.4 Å². The second-order valence-corrected chi connectivity index (χ2v) is 6.26. The molecule has 0 aliphatic rings. The summed E-state index contributed by atoms with van der Waals surface area (Å²) in [5, 5.41) is 3.08. The van der Waals surface area contributed by atoms with Crippen LogP contribution in [0.25, 0.3) is 0 Å². The highest BCUT2D eigenvalue weighted by atomic mass is 127. The molecule has 0 fully saturated rings. The highest BCUT2D eigenvalue weighted by molar-refractivity contribution is 14.0. The topological polar surface area (TPSA) is 87.3 Å². The zero-order chi connectivity index (χ0) is 21.3. The molecule has 0 aromatic heterocycles. The summed E-state index contributed by atoms with van der Waals surface area (Å²) in [6.07, 6.45) is 0. The van der Waals surface area contributed by atoms with Crippen molar-refractivity contribution in [2.75, 3.05) is 26.6 Å². The van der Waals surface area contributed by atoms with Gasteiger partial charge in [0, 0.05) is 17.3 Å². The molecule has 7 nitrogen and oxygen atoms in total. The molecule has 31 heavy (non-hydrogen) atoms. The average Bonchev–Trinajstić information content (AvgIpc) is 2.77. The lowest BCUT2D eigenvalue weighted by atomic mass is 10.1. The molecule has 3 N–H and O–H groups in total. The second kappa shape index (κ2) is 11.9. The maximum absolute atomic E-state index is 6.08. The van der Waals surface area contributed by atoms with E-state index >= 15 is 0 Å². The number of nitrogens with one attached hydrogen (secondary N) is 1. The molecule has 164 valence electrons. The maximum Gasteiger partial charge on any atom is 0.203 e. The van der Waals surface area contributed by atoms with Crippen molar-refractivity contribution >= 4 is 35.6 Å². The summed E-state index contributed by atoms with van der Waals surface area (Å²) in [6.45, 7) is 0.308. The molecule has 0 unspecified atom stereocenters. The fourth-order valence-electron chi connectivity index (χ4n) is 2.91. The summed E-state index contributed by atoms with van der Waals surface area (Å²) in [7, 11) is 4.71. The first kappa shape index (κ1) is 24.1. The van der Waals surface area contributed by atoms with Crippen LogP contribution < -0.4 is 30.0 Å². The Bertz CT molecular complexity index is 1010. The third kappa shape index (κ3) is 6.42. The molecular formula is C23H26IN3O4. The molecule has 0 amide bonds. The summed E-state index contributed by atoms with van der Waals surface area (Å²) in [5.41, 5.74) is 7.66. The van der Waals surface area contributed by atoms with Crippen molar-refractivity contribution in [3.63, 3.8) is 0 Å². The van der Waals surface area contributed by atoms with E-state index in [9.17, 15) is 0 Å². The standard InChI is InChI=1S/C23H25N3O4.HI/c1-27-20-13-12-16(21(28-2)22(20)29-3)15-25-23(24)26-17-8-7-11-19(14-17)30-18-9-5-4-6-10-18;/h4-14H,15H2,1-3H3,(H3,24,25,26);1H. The summed E-state index contributed by atoms with van der Waals surface area (Å²) >= 11 is 0. The summed E-state index contributed by atoms with van der Waals surface area (Å²) in [4.78, 5) is 4.41. The quantitative estimate of drug-likeness (QED) is 0.239. The Kier molecular flexibility index (Phi) is 9.26. The number of nitrogens with zero attached hydrogens (tertiary/aromatic N) is 1. The van der Waals surface area contributed by atoms with Gasteiger partial charge in [-0.1, -0.05) is 24.3 Å². The number of nitrogens with two attached hydrogens (primary N) is 1. The Morgan fingerprint density at radius 3 is 2.23 bits per heavy atom. The number of halogens is 1. The van der Waals surface area contributed by atoms with Crippen molar-refractivity contribution in [3.8, 4) is 28.7 Å². The van der Waals surface area contributed by atoms with E-state index in [1.165, 1.54) is 0 Å². The zero-order valence-corrected chi connectivity index (χ0v) is 20.0. The van der Waals surface area contributed by atoms with Crippen molar-refractivity contribution in [1.82, 2.24) is 0 Å². The SMILES string of the molecule is COc1ccc(CN=C(N)Nc2cccc(Oc3ccccc3)c2)c(OC)c1OC.I. The third-order valence-electron chi connectivity index (χ3n) is 4.29. The van der Waals surface area contributed by atoms with Crippen LogP contribution >= 0.6 is 24.0 Å². The van der Waals surface area contributed by atoms with Gasteiger partial charge in [-0.15, -0.1) is 24.0 Å². The number of anilines is 1. The molecule has 3 aromatic carbocycles. The van der Waals surface area contributed by atoms with Crippen molar-refractivity contribution in [3.05, 3.63) is 72.3 Å². The Morgan fingerprint density at radius 2 is 1.55 bits per heavy atom. The second-order valence-electron chi connectivity index (χ2n) is 6.26. The molecule has 0 atom stereocenters. The first-order chi connectivity index (χ1) is 14.6. The van der Waals surface area contributed by atoms with E-state index in [1.54, 1.807) is 27.4 Å². The molecule has 0 spiro atoms. The molecule has 0 radical (unpaired) electrons. The van der Waals surface area contributed by atoms with Crippen LogP contribution in [0.5, 0.6) is 28.7 Å². The van der Waals surface area contributed by atoms with Gasteiger partial charge in [0.2, 0.25) is 5.75 Å². The van der Waals surface area contributed by atoms with Gasteiger partial charge in [-0.25, -0.2) is 4.99 Å². The predicted octanol–water partition coefficient (Wildman–Crippen LogP) is 5.05. The lowest BCUT2D eigenvalue weighted by molar-refractivity contribution is 0.322. The van der Waals surface area contributed by atoms with Crippen LogP contribution in [0.3, 0.4) is 0 Å². The molecular weight excluding hydrogens is 509 g/mol. The van der Waals surface area contributed by atoms with Crippen molar-refractivity contribution in [1.29, 1.82) is 0 Å². The van der Waals surface area contributed by atoms with Gasteiger partial charge in [0.15, 0.2) is 17.5 Å². The van der Waals surface area contributed by atoms with Crippen LogP contribution in [0.15, 0.2) is 71.7 Å². The van der Waals surface area contributed by atoms with Gasteiger partial charge in [-0.2, -0.15) is 0 Å². The molecule has 3 aromatic rings. The van der Waals surface area contributed by atoms with Crippen LogP contribution in [0.2, 0.25) is 0 Å². The normalized spacial score (nSPS) is 10.6. The van der Waals surface area contributed by atoms with Gasteiger partial charge in [0.1, 0.15) is 11.5 Å². The van der Waals surface area contributed by atoms with E-state index in [2.05, 4.69) is 10.3 Å². The van der Waals surface area contributed by atoms with Gasteiger partial charge in [-0.3, -0.25) is 0 Å². The molecule has 3 rings (SSSR count). The van der Waals surface area contributed by atoms with Crippen molar-refractivity contribution in [2.24, 2.45) is 10.7 Å². The number of ether oxygens (including phenoxy) is 4. The fraction of sp³-hybridized carbons (Fsp3) is 0.174. The highest BCUT2D eigenvalue weighted by Crippen LogP contribution is 2.40. The van der Waals surface area contributed by atoms with Crippen LogP contribution in [-0.4, -0.2) is 27.3 Å². The largest absolute Gasteiger partial charge is 0.493 e. The first-order valence-electron chi connectivity index (χ1n) is 9.32. The molecule has 0 saturated carbocycles. The minimum absolute atomic E-state index is 0. The van der Waals surface area contributed by atoms with Gasteiger partial charge >= 0.3 is 0 Å².